The third kappa shape index (κ3) is 6.70. The van der Waals surface area contributed by atoms with Crippen LogP contribution in [0.1, 0.15) is 45.6 Å². The molecule has 0 aliphatic rings. The van der Waals surface area contributed by atoms with Crippen LogP contribution in [0.2, 0.25) is 0 Å². The van der Waals surface area contributed by atoms with Crippen molar-refractivity contribution >= 4 is 43.6 Å². The van der Waals surface area contributed by atoms with Crippen LogP contribution in [0.4, 0.5) is 0 Å². The number of aryl methyl sites for hydroxylation is 8. The highest BCUT2D eigenvalue weighted by Gasteiger charge is 2.20. The normalized spacial score (nSPS) is 11.8. The molecule has 0 atom stereocenters. The summed E-state index contributed by atoms with van der Waals surface area (Å²) in [5.74, 6) is 4.05. The molecule has 0 spiro atoms. The molecular formula is C56H46N8. The van der Waals surface area contributed by atoms with Gasteiger partial charge >= 0.3 is 0 Å². The highest BCUT2D eigenvalue weighted by Crippen LogP contribution is 2.41. The quantitative estimate of drug-likeness (QED) is 0.166. The molecule has 0 bridgehead atoms. The maximum Gasteiger partial charge on any atom is 0.163 e. The standard InChI is InChI=1S/C56H46N8/c1-31-12-17-51-46(22-31)47-23-32(2)13-18-52(47)63(51)44-28-42(27-43(29-44)56-61-37(7)58-38(8)62-56)39-10-9-11-40(26-39)45-30-41(55-59-35(5)57-36(6)60-55)16-21-50(45)64-53-19-14-33(3)24-48(53)49-25-34(4)15-20-54(49)64/h9-30H,1-8H3. The van der Waals surface area contributed by atoms with E-state index in [1.807, 2.05) is 27.7 Å². The molecule has 0 unspecified atom stereocenters. The van der Waals surface area contributed by atoms with E-state index in [-0.39, 0.29) is 0 Å². The Hall–Kier alpha value is -7.84. The Morgan fingerprint density at radius 1 is 0.312 bits per heavy atom. The Balaban J connectivity index is 1.17. The van der Waals surface area contributed by atoms with Gasteiger partial charge < -0.3 is 9.13 Å². The Kier molecular flexibility index (Phi) is 9.10. The topological polar surface area (TPSA) is 87.2 Å². The van der Waals surface area contributed by atoms with E-state index in [0.29, 0.717) is 34.9 Å². The third-order valence-electron chi connectivity index (χ3n) is 12.3. The SMILES string of the molecule is Cc1ccc2c(c1)c1cc(C)ccc1n2-c1cc(-c2cccc(-c3cc(-c4nc(C)nc(C)n4)ccc3-n3c4ccc(C)cc4c4cc(C)ccc43)c2)cc(-c2nc(C)nc(C)n2)c1. The summed E-state index contributed by atoms with van der Waals surface area (Å²) in [6.45, 7) is 16.3. The molecule has 0 aliphatic heterocycles. The van der Waals surface area contributed by atoms with Crippen molar-refractivity contribution in [3.05, 3.63) is 179 Å². The molecule has 0 saturated heterocycles. The molecular weight excluding hydrogens is 785 g/mol. The number of nitrogens with zero attached hydrogens (tertiary/aromatic N) is 8. The number of rotatable bonds is 6. The second kappa shape index (κ2) is 14.9. The third-order valence-corrected chi connectivity index (χ3v) is 12.3. The summed E-state index contributed by atoms with van der Waals surface area (Å²) in [6, 6.07) is 49.2. The molecule has 310 valence electrons. The van der Waals surface area contributed by atoms with Crippen LogP contribution in [-0.2, 0) is 0 Å². The molecule has 4 heterocycles. The zero-order chi connectivity index (χ0) is 44.0. The Bertz CT molecular complexity index is 3560. The molecule has 7 aromatic carbocycles. The van der Waals surface area contributed by atoms with Gasteiger partial charge in [0.25, 0.3) is 0 Å². The molecule has 0 fully saturated rings. The fourth-order valence-corrected chi connectivity index (χ4v) is 9.53. The van der Waals surface area contributed by atoms with E-state index in [4.69, 9.17) is 19.9 Å². The van der Waals surface area contributed by atoms with Gasteiger partial charge in [-0.2, -0.15) is 0 Å². The Morgan fingerprint density at radius 2 is 0.734 bits per heavy atom. The lowest BCUT2D eigenvalue weighted by molar-refractivity contribution is 0.928. The minimum atomic E-state index is 0.645. The number of fused-ring (bicyclic) bond motifs is 6. The Labute approximate surface area is 372 Å². The van der Waals surface area contributed by atoms with Crippen LogP contribution in [0.5, 0.6) is 0 Å². The minimum absolute atomic E-state index is 0.645. The summed E-state index contributed by atoms with van der Waals surface area (Å²) in [4.78, 5) is 28.4. The van der Waals surface area contributed by atoms with E-state index in [2.05, 4.69) is 180 Å². The van der Waals surface area contributed by atoms with Crippen LogP contribution in [0, 0.1) is 55.4 Å². The average Bonchev–Trinajstić information content (AvgIpc) is 3.76. The smallest absolute Gasteiger partial charge is 0.163 e. The number of aromatic nitrogens is 8. The van der Waals surface area contributed by atoms with Crippen molar-refractivity contribution < 1.29 is 0 Å². The fraction of sp³-hybridized carbons (Fsp3) is 0.143. The van der Waals surface area contributed by atoms with Crippen LogP contribution in [-0.4, -0.2) is 39.0 Å². The maximum absolute atomic E-state index is 4.88. The molecule has 11 aromatic rings. The molecule has 4 aromatic heterocycles. The molecule has 0 saturated carbocycles. The lowest BCUT2D eigenvalue weighted by atomic mass is 9.95. The van der Waals surface area contributed by atoms with Crippen LogP contribution >= 0.6 is 0 Å². The molecule has 8 heteroatoms. The average molecular weight is 831 g/mol. The number of hydrogen-bond acceptors (Lipinski definition) is 6. The molecule has 0 aliphatic carbocycles. The first-order valence-electron chi connectivity index (χ1n) is 21.8. The molecule has 64 heavy (non-hydrogen) atoms. The van der Waals surface area contributed by atoms with Crippen LogP contribution in [0.3, 0.4) is 0 Å². The Morgan fingerprint density at radius 3 is 1.23 bits per heavy atom. The van der Waals surface area contributed by atoms with Crippen LogP contribution < -0.4 is 0 Å². The van der Waals surface area contributed by atoms with E-state index in [1.54, 1.807) is 0 Å². The van der Waals surface area contributed by atoms with Gasteiger partial charge in [-0.15, -0.1) is 0 Å². The second-order valence-corrected chi connectivity index (χ2v) is 17.3. The first-order chi connectivity index (χ1) is 30.9. The summed E-state index contributed by atoms with van der Waals surface area (Å²) < 4.78 is 4.79. The number of hydrogen-bond donors (Lipinski definition) is 0. The van der Waals surface area contributed by atoms with Gasteiger partial charge in [-0.3, -0.25) is 0 Å². The zero-order valence-electron chi connectivity index (χ0n) is 37.3. The van der Waals surface area contributed by atoms with E-state index >= 15 is 0 Å². The van der Waals surface area contributed by atoms with Gasteiger partial charge in [0.05, 0.1) is 27.8 Å². The van der Waals surface area contributed by atoms with Crippen LogP contribution in [0.25, 0.3) is 100 Å². The maximum atomic E-state index is 4.88. The summed E-state index contributed by atoms with van der Waals surface area (Å²) in [5.41, 5.74) is 17.7. The van der Waals surface area contributed by atoms with Gasteiger partial charge in [0.2, 0.25) is 0 Å². The lowest BCUT2D eigenvalue weighted by Crippen LogP contribution is -2.02. The monoisotopic (exact) mass is 830 g/mol. The van der Waals surface area contributed by atoms with Gasteiger partial charge in [-0.25, -0.2) is 29.9 Å². The second-order valence-electron chi connectivity index (χ2n) is 17.3. The van der Waals surface area contributed by atoms with Gasteiger partial charge in [0.15, 0.2) is 11.6 Å². The van der Waals surface area contributed by atoms with Crippen molar-refractivity contribution in [2.45, 2.75) is 55.4 Å². The van der Waals surface area contributed by atoms with Gasteiger partial charge in [-0.1, -0.05) is 64.7 Å². The predicted octanol–water partition coefficient (Wildman–Crippen LogP) is 13.4. The minimum Gasteiger partial charge on any atom is -0.309 e. The summed E-state index contributed by atoms with van der Waals surface area (Å²) in [7, 11) is 0. The van der Waals surface area contributed by atoms with E-state index in [1.165, 1.54) is 43.8 Å². The van der Waals surface area contributed by atoms with Crippen molar-refractivity contribution in [2.24, 2.45) is 0 Å². The predicted molar refractivity (Wildman–Crippen MR) is 262 cm³/mol. The highest BCUT2D eigenvalue weighted by atomic mass is 15.0. The van der Waals surface area contributed by atoms with E-state index in [9.17, 15) is 0 Å². The lowest BCUT2D eigenvalue weighted by Gasteiger charge is -2.17. The van der Waals surface area contributed by atoms with E-state index in [0.717, 1.165) is 66.8 Å². The largest absolute Gasteiger partial charge is 0.309 e. The summed E-state index contributed by atoms with van der Waals surface area (Å²) in [5, 5.41) is 4.92. The van der Waals surface area contributed by atoms with Crippen molar-refractivity contribution in [1.29, 1.82) is 0 Å². The van der Waals surface area contributed by atoms with Crippen molar-refractivity contribution in [1.82, 2.24) is 39.0 Å². The van der Waals surface area contributed by atoms with Crippen molar-refractivity contribution in [2.75, 3.05) is 0 Å². The first-order valence-corrected chi connectivity index (χ1v) is 21.8. The number of benzene rings is 7. The molecule has 0 amide bonds. The summed E-state index contributed by atoms with van der Waals surface area (Å²) >= 11 is 0. The van der Waals surface area contributed by atoms with Crippen molar-refractivity contribution in [3.8, 4) is 56.4 Å². The fourth-order valence-electron chi connectivity index (χ4n) is 9.53. The molecule has 0 N–H and O–H groups in total. The van der Waals surface area contributed by atoms with Gasteiger partial charge in [0.1, 0.15) is 23.3 Å². The van der Waals surface area contributed by atoms with Gasteiger partial charge in [0, 0.05) is 43.9 Å². The van der Waals surface area contributed by atoms with Crippen molar-refractivity contribution in [3.63, 3.8) is 0 Å². The van der Waals surface area contributed by atoms with Crippen LogP contribution in [0.15, 0.2) is 133 Å². The molecule has 11 rings (SSSR count). The molecule has 0 radical (unpaired) electrons. The zero-order valence-corrected chi connectivity index (χ0v) is 37.3. The molecule has 8 nitrogen and oxygen atoms in total. The summed E-state index contributed by atoms with van der Waals surface area (Å²) in [6.07, 6.45) is 0. The first kappa shape index (κ1) is 39.0. The van der Waals surface area contributed by atoms with Gasteiger partial charge in [-0.05, 0) is 163 Å². The highest BCUT2D eigenvalue weighted by molar-refractivity contribution is 6.11. The van der Waals surface area contributed by atoms with E-state index < -0.39 is 0 Å².